The molecule has 0 radical (unpaired) electrons. The van der Waals surface area contributed by atoms with Gasteiger partial charge >= 0.3 is 11.9 Å². The van der Waals surface area contributed by atoms with Crippen molar-refractivity contribution in [3.63, 3.8) is 0 Å². The first-order chi connectivity index (χ1) is 9.43. The van der Waals surface area contributed by atoms with Crippen molar-refractivity contribution in [3.05, 3.63) is 29.8 Å². The van der Waals surface area contributed by atoms with Crippen LogP contribution in [0.2, 0.25) is 0 Å². The van der Waals surface area contributed by atoms with E-state index < -0.39 is 18.0 Å². The van der Waals surface area contributed by atoms with Crippen LogP contribution in [0, 0.1) is 5.92 Å². The molecule has 0 heterocycles. The second kappa shape index (κ2) is 7.65. The molecule has 110 valence electrons. The van der Waals surface area contributed by atoms with Crippen LogP contribution in [0.15, 0.2) is 24.3 Å². The normalized spacial score (nSPS) is 13.6. The van der Waals surface area contributed by atoms with Gasteiger partial charge in [-0.3, -0.25) is 0 Å². The summed E-state index contributed by atoms with van der Waals surface area (Å²) < 4.78 is 10.5. The Kier molecular flexibility index (Phi) is 6.18. The number of rotatable bonds is 7. The van der Waals surface area contributed by atoms with Crippen LogP contribution < -0.4 is 4.74 Å². The molecule has 0 aliphatic carbocycles. The van der Waals surface area contributed by atoms with Crippen molar-refractivity contribution in [2.45, 2.75) is 33.3 Å². The topological polar surface area (TPSA) is 72.8 Å². The minimum atomic E-state index is -1.02. The van der Waals surface area contributed by atoms with Crippen molar-refractivity contribution < 1.29 is 24.2 Å². The molecule has 0 fully saturated rings. The molecular formula is C15H20O5. The largest absolute Gasteiger partial charge is 0.478 e. The molecule has 5 heteroatoms. The second-order valence-electron chi connectivity index (χ2n) is 4.74. The molecule has 5 nitrogen and oxygen atoms in total. The molecule has 0 unspecified atom stereocenters. The molecule has 2 atom stereocenters. The first kappa shape index (κ1) is 16.2. The molecule has 1 aromatic rings. The Bertz CT molecular complexity index is 452. The van der Waals surface area contributed by atoms with E-state index >= 15 is 0 Å². The van der Waals surface area contributed by atoms with Gasteiger partial charge in [-0.2, -0.15) is 0 Å². The Morgan fingerprint density at radius 2 is 1.80 bits per heavy atom. The van der Waals surface area contributed by atoms with Gasteiger partial charge in [0.15, 0.2) is 6.10 Å². The molecule has 1 rings (SSSR count). The number of hydrogen-bond donors (Lipinski definition) is 1. The standard InChI is InChI=1S/C15H20O5/c1-4-10(2)9-19-11(3)15(18)20-13-7-5-12(6-8-13)14(16)17/h5-8,10-11H,4,9H2,1-3H3,(H,16,17)/t10-,11-/m0/s1. The van der Waals surface area contributed by atoms with Crippen molar-refractivity contribution in [2.24, 2.45) is 5.92 Å². The summed E-state index contributed by atoms with van der Waals surface area (Å²) >= 11 is 0. The average molecular weight is 280 g/mol. The fourth-order valence-electron chi connectivity index (χ4n) is 1.36. The number of carboxylic acid groups (broad SMARTS) is 1. The van der Waals surface area contributed by atoms with E-state index in [1.54, 1.807) is 6.92 Å². The fraction of sp³-hybridized carbons (Fsp3) is 0.467. The highest BCUT2D eigenvalue weighted by Gasteiger charge is 2.17. The smallest absolute Gasteiger partial charge is 0.340 e. The summed E-state index contributed by atoms with van der Waals surface area (Å²) in [7, 11) is 0. The van der Waals surface area contributed by atoms with E-state index in [9.17, 15) is 9.59 Å². The summed E-state index contributed by atoms with van der Waals surface area (Å²) in [5.41, 5.74) is 0.144. The predicted octanol–water partition coefficient (Wildman–Crippen LogP) is 2.74. The third-order valence-corrected chi connectivity index (χ3v) is 2.98. The van der Waals surface area contributed by atoms with Gasteiger partial charge in [-0.25, -0.2) is 9.59 Å². The van der Waals surface area contributed by atoms with Gasteiger partial charge in [-0.05, 0) is 37.1 Å². The van der Waals surface area contributed by atoms with E-state index in [0.29, 0.717) is 18.3 Å². The molecule has 1 aromatic carbocycles. The lowest BCUT2D eigenvalue weighted by Crippen LogP contribution is -2.27. The van der Waals surface area contributed by atoms with E-state index in [-0.39, 0.29) is 5.56 Å². The zero-order chi connectivity index (χ0) is 15.1. The minimum absolute atomic E-state index is 0.144. The number of esters is 1. The third-order valence-electron chi connectivity index (χ3n) is 2.98. The first-order valence-corrected chi connectivity index (χ1v) is 6.60. The molecule has 0 spiro atoms. The zero-order valence-electron chi connectivity index (χ0n) is 12.0. The number of carbonyl (C=O) groups is 2. The fourth-order valence-corrected chi connectivity index (χ4v) is 1.36. The van der Waals surface area contributed by atoms with Gasteiger partial charge in [0.2, 0.25) is 0 Å². The summed E-state index contributed by atoms with van der Waals surface area (Å²) in [4.78, 5) is 22.5. The maximum Gasteiger partial charge on any atom is 0.340 e. The van der Waals surface area contributed by atoms with Crippen LogP contribution in [-0.4, -0.2) is 29.8 Å². The highest BCUT2D eigenvalue weighted by Crippen LogP contribution is 2.14. The molecule has 0 bridgehead atoms. The highest BCUT2D eigenvalue weighted by atomic mass is 16.6. The molecule has 0 amide bonds. The maximum atomic E-state index is 11.8. The van der Waals surface area contributed by atoms with Crippen LogP contribution in [0.25, 0.3) is 0 Å². The Labute approximate surface area is 118 Å². The summed E-state index contributed by atoms with van der Waals surface area (Å²) in [6.45, 7) is 6.24. The summed E-state index contributed by atoms with van der Waals surface area (Å²) in [6.07, 6.45) is 0.335. The van der Waals surface area contributed by atoms with Crippen LogP contribution in [0.5, 0.6) is 5.75 Å². The lowest BCUT2D eigenvalue weighted by molar-refractivity contribution is -0.146. The highest BCUT2D eigenvalue weighted by molar-refractivity contribution is 5.87. The van der Waals surface area contributed by atoms with E-state index in [0.717, 1.165) is 6.42 Å². The Morgan fingerprint density at radius 1 is 1.20 bits per heavy atom. The number of carbonyl (C=O) groups excluding carboxylic acids is 1. The van der Waals surface area contributed by atoms with Gasteiger partial charge in [-0.1, -0.05) is 20.3 Å². The van der Waals surface area contributed by atoms with E-state index in [1.807, 2.05) is 6.92 Å². The molecule has 0 aromatic heterocycles. The average Bonchev–Trinajstić information content (AvgIpc) is 2.44. The lowest BCUT2D eigenvalue weighted by atomic mass is 10.1. The number of aromatic carboxylic acids is 1. The van der Waals surface area contributed by atoms with Crippen molar-refractivity contribution in [3.8, 4) is 5.75 Å². The third kappa shape index (κ3) is 5.01. The number of benzene rings is 1. The van der Waals surface area contributed by atoms with Crippen molar-refractivity contribution >= 4 is 11.9 Å². The molecule has 0 aliphatic rings. The van der Waals surface area contributed by atoms with E-state index in [4.69, 9.17) is 14.6 Å². The molecule has 0 saturated heterocycles. The molecular weight excluding hydrogens is 260 g/mol. The van der Waals surface area contributed by atoms with Gasteiger partial charge < -0.3 is 14.6 Å². The van der Waals surface area contributed by atoms with Gasteiger partial charge in [0.05, 0.1) is 12.2 Å². The maximum absolute atomic E-state index is 11.8. The van der Waals surface area contributed by atoms with Crippen molar-refractivity contribution in [2.75, 3.05) is 6.61 Å². The number of carboxylic acids is 1. The summed E-state index contributed by atoms with van der Waals surface area (Å²) in [6, 6.07) is 5.66. The van der Waals surface area contributed by atoms with E-state index in [1.165, 1.54) is 24.3 Å². The molecule has 20 heavy (non-hydrogen) atoms. The minimum Gasteiger partial charge on any atom is -0.478 e. The zero-order valence-corrected chi connectivity index (χ0v) is 12.0. The molecule has 0 saturated carbocycles. The SMILES string of the molecule is CC[C@H](C)CO[C@@H](C)C(=O)Oc1ccc(C(=O)O)cc1. The Morgan fingerprint density at radius 3 is 2.30 bits per heavy atom. The monoisotopic (exact) mass is 280 g/mol. The van der Waals surface area contributed by atoms with Crippen molar-refractivity contribution in [1.82, 2.24) is 0 Å². The molecule has 0 aliphatic heterocycles. The summed E-state index contributed by atoms with van der Waals surface area (Å²) in [5, 5.41) is 8.76. The molecule has 1 N–H and O–H groups in total. The van der Waals surface area contributed by atoms with Crippen LogP contribution >= 0.6 is 0 Å². The van der Waals surface area contributed by atoms with Crippen LogP contribution in [-0.2, 0) is 9.53 Å². The Hall–Kier alpha value is -1.88. The summed E-state index contributed by atoms with van der Waals surface area (Å²) in [5.74, 6) is -0.816. The van der Waals surface area contributed by atoms with Gasteiger partial charge in [0.1, 0.15) is 5.75 Å². The Balaban J connectivity index is 2.50. The first-order valence-electron chi connectivity index (χ1n) is 6.60. The van der Waals surface area contributed by atoms with Crippen LogP contribution in [0.1, 0.15) is 37.6 Å². The van der Waals surface area contributed by atoms with Crippen LogP contribution in [0.3, 0.4) is 0 Å². The number of ether oxygens (including phenoxy) is 2. The van der Waals surface area contributed by atoms with E-state index in [2.05, 4.69) is 6.92 Å². The van der Waals surface area contributed by atoms with Gasteiger partial charge in [-0.15, -0.1) is 0 Å². The van der Waals surface area contributed by atoms with Gasteiger partial charge in [0, 0.05) is 0 Å². The van der Waals surface area contributed by atoms with Gasteiger partial charge in [0.25, 0.3) is 0 Å². The predicted molar refractivity (Wildman–Crippen MR) is 73.9 cm³/mol. The second-order valence-corrected chi connectivity index (χ2v) is 4.74. The van der Waals surface area contributed by atoms with Crippen LogP contribution in [0.4, 0.5) is 0 Å². The quantitative estimate of drug-likeness (QED) is 0.614. The van der Waals surface area contributed by atoms with Crippen molar-refractivity contribution in [1.29, 1.82) is 0 Å². The number of hydrogen-bond acceptors (Lipinski definition) is 4. The lowest BCUT2D eigenvalue weighted by Gasteiger charge is -2.15.